The molecule has 2 N–H and O–H groups in total. The Morgan fingerprint density at radius 2 is 1.93 bits per heavy atom. The number of nitrogens with zero attached hydrogens (tertiary/aromatic N) is 1. The zero-order valence-corrected chi connectivity index (χ0v) is 15.8. The molecule has 4 amide bonds. The van der Waals surface area contributed by atoms with E-state index in [9.17, 15) is 23.2 Å². The summed E-state index contributed by atoms with van der Waals surface area (Å²) in [5, 5.41) is 4.75. The van der Waals surface area contributed by atoms with E-state index in [-0.39, 0.29) is 12.1 Å². The van der Waals surface area contributed by atoms with Gasteiger partial charge in [0.15, 0.2) is 0 Å². The maximum atomic E-state index is 13.7. The third kappa shape index (κ3) is 4.18. The Balaban J connectivity index is 1.73. The smallest absolute Gasteiger partial charge is 0.325 e. The minimum atomic E-state index is -1.28. The van der Waals surface area contributed by atoms with E-state index in [1.165, 1.54) is 7.11 Å². The Morgan fingerprint density at radius 3 is 2.66 bits per heavy atom. The predicted octanol–water partition coefficient (Wildman–Crippen LogP) is 2.47. The Morgan fingerprint density at radius 1 is 1.21 bits per heavy atom. The van der Waals surface area contributed by atoms with Gasteiger partial charge in [-0.1, -0.05) is 18.2 Å². The monoisotopic (exact) mass is 403 g/mol. The van der Waals surface area contributed by atoms with Crippen LogP contribution in [0.3, 0.4) is 0 Å². The van der Waals surface area contributed by atoms with Gasteiger partial charge in [0, 0.05) is 12.5 Å². The molecule has 1 heterocycles. The summed E-state index contributed by atoms with van der Waals surface area (Å²) >= 11 is 0. The number of nitrogens with one attached hydrogen (secondary N) is 2. The molecule has 3 rings (SSSR count). The quantitative estimate of drug-likeness (QED) is 0.726. The highest BCUT2D eigenvalue weighted by Gasteiger charge is 2.48. The van der Waals surface area contributed by atoms with Crippen LogP contribution in [0.25, 0.3) is 0 Å². The number of benzene rings is 2. The molecule has 1 saturated heterocycles. The van der Waals surface area contributed by atoms with Gasteiger partial charge >= 0.3 is 6.03 Å². The van der Waals surface area contributed by atoms with E-state index in [1.807, 2.05) is 0 Å². The number of imide groups is 1. The van der Waals surface area contributed by atoms with E-state index in [0.29, 0.717) is 11.3 Å². The number of hydrogen-bond acceptors (Lipinski definition) is 4. The molecule has 2 aromatic carbocycles. The zero-order valence-electron chi connectivity index (χ0n) is 15.8. The first kappa shape index (κ1) is 20.2. The molecular formula is C20H19F2N3O4. The highest BCUT2D eigenvalue weighted by Crippen LogP contribution is 2.27. The lowest BCUT2D eigenvalue weighted by atomic mass is 9.92. The Bertz CT molecular complexity index is 982. The Kier molecular flexibility index (Phi) is 5.49. The minimum absolute atomic E-state index is 0.151. The number of carbonyl (C=O) groups excluding carboxylic acids is 3. The normalized spacial score (nSPS) is 18.6. The van der Waals surface area contributed by atoms with Crippen molar-refractivity contribution in [3.8, 4) is 5.75 Å². The number of carbonyl (C=O) groups is 3. The molecule has 9 heteroatoms. The molecule has 1 fully saturated rings. The molecule has 2 aromatic rings. The summed E-state index contributed by atoms with van der Waals surface area (Å²) in [6.45, 7) is 0.909. The summed E-state index contributed by atoms with van der Waals surface area (Å²) in [5.41, 5.74) is -0.950. The van der Waals surface area contributed by atoms with Gasteiger partial charge in [0.05, 0.1) is 12.8 Å². The second kappa shape index (κ2) is 7.86. The van der Waals surface area contributed by atoms with Crippen LogP contribution in [-0.4, -0.2) is 41.9 Å². The summed E-state index contributed by atoms with van der Waals surface area (Å²) < 4.78 is 32.2. The fourth-order valence-corrected chi connectivity index (χ4v) is 3.17. The summed E-state index contributed by atoms with van der Waals surface area (Å²) in [6.07, 6.45) is 0.151. The molecule has 152 valence electrons. The Hall–Kier alpha value is -3.49. The maximum absolute atomic E-state index is 13.7. The largest absolute Gasteiger partial charge is 0.496 e. The molecule has 0 spiro atoms. The van der Waals surface area contributed by atoms with Crippen molar-refractivity contribution in [2.45, 2.75) is 18.9 Å². The van der Waals surface area contributed by atoms with Gasteiger partial charge in [0.1, 0.15) is 29.5 Å². The first-order chi connectivity index (χ1) is 13.7. The van der Waals surface area contributed by atoms with E-state index in [0.717, 1.165) is 23.1 Å². The number of halogens is 2. The van der Waals surface area contributed by atoms with Gasteiger partial charge in [0.2, 0.25) is 5.91 Å². The molecule has 0 aliphatic carbocycles. The SMILES string of the molecule is COc1ccccc1C[C@]1(C)NC(=O)N(CC(=O)Nc2cc(F)ccc2F)C1=O. The number of anilines is 1. The minimum Gasteiger partial charge on any atom is -0.496 e. The second-order valence-corrected chi connectivity index (χ2v) is 6.81. The molecule has 0 aromatic heterocycles. The van der Waals surface area contributed by atoms with Crippen LogP contribution in [0.5, 0.6) is 5.75 Å². The second-order valence-electron chi connectivity index (χ2n) is 6.81. The molecule has 1 aliphatic heterocycles. The fraction of sp³-hybridized carbons (Fsp3) is 0.250. The highest BCUT2D eigenvalue weighted by molar-refractivity contribution is 6.10. The molecule has 29 heavy (non-hydrogen) atoms. The number of hydrogen-bond donors (Lipinski definition) is 2. The third-order valence-corrected chi connectivity index (χ3v) is 4.59. The summed E-state index contributed by atoms with van der Waals surface area (Å²) in [7, 11) is 1.50. The van der Waals surface area contributed by atoms with Crippen LogP contribution < -0.4 is 15.4 Å². The summed E-state index contributed by atoms with van der Waals surface area (Å²) in [6, 6.07) is 8.90. The number of ether oxygens (including phenoxy) is 1. The molecular weight excluding hydrogens is 384 g/mol. The molecule has 0 radical (unpaired) electrons. The van der Waals surface area contributed by atoms with Gasteiger partial charge in [-0.15, -0.1) is 0 Å². The molecule has 0 saturated carbocycles. The number of urea groups is 1. The van der Waals surface area contributed by atoms with Gasteiger partial charge < -0.3 is 15.4 Å². The predicted molar refractivity (Wildman–Crippen MR) is 100 cm³/mol. The van der Waals surface area contributed by atoms with E-state index < -0.39 is 41.6 Å². The summed E-state index contributed by atoms with van der Waals surface area (Å²) in [5.74, 6) is -2.45. The first-order valence-electron chi connectivity index (χ1n) is 8.74. The van der Waals surface area contributed by atoms with E-state index in [1.54, 1.807) is 31.2 Å². The van der Waals surface area contributed by atoms with E-state index in [4.69, 9.17) is 4.74 Å². The fourth-order valence-electron chi connectivity index (χ4n) is 3.17. The van der Waals surface area contributed by atoms with Crippen LogP contribution >= 0.6 is 0 Å². The van der Waals surface area contributed by atoms with Crippen LogP contribution in [0.2, 0.25) is 0 Å². The molecule has 1 aliphatic rings. The average molecular weight is 403 g/mol. The van der Waals surface area contributed by atoms with Crippen molar-refractivity contribution in [3.63, 3.8) is 0 Å². The van der Waals surface area contributed by atoms with Gasteiger partial charge in [0.25, 0.3) is 5.91 Å². The number of amides is 4. The molecule has 0 bridgehead atoms. The first-order valence-corrected chi connectivity index (χ1v) is 8.74. The van der Waals surface area contributed by atoms with Crippen molar-refractivity contribution in [2.24, 2.45) is 0 Å². The molecule has 0 unspecified atom stereocenters. The topological polar surface area (TPSA) is 87.7 Å². The molecule has 7 nitrogen and oxygen atoms in total. The Labute approximate surface area is 165 Å². The average Bonchev–Trinajstić information content (AvgIpc) is 2.88. The van der Waals surface area contributed by atoms with Gasteiger partial charge in [-0.25, -0.2) is 13.6 Å². The van der Waals surface area contributed by atoms with Crippen LogP contribution in [0.1, 0.15) is 12.5 Å². The number of rotatable bonds is 6. The zero-order chi connectivity index (χ0) is 21.2. The van der Waals surface area contributed by atoms with E-state index in [2.05, 4.69) is 10.6 Å². The van der Waals surface area contributed by atoms with Crippen molar-refractivity contribution in [1.82, 2.24) is 10.2 Å². The van der Waals surface area contributed by atoms with E-state index >= 15 is 0 Å². The van der Waals surface area contributed by atoms with Crippen molar-refractivity contribution in [2.75, 3.05) is 19.0 Å². The molecule has 1 atom stereocenters. The number of para-hydroxylation sites is 1. The van der Waals surface area contributed by atoms with Gasteiger partial charge in [-0.3, -0.25) is 14.5 Å². The maximum Gasteiger partial charge on any atom is 0.325 e. The van der Waals surface area contributed by atoms with Gasteiger partial charge in [-0.05, 0) is 30.7 Å². The van der Waals surface area contributed by atoms with Crippen LogP contribution in [0.15, 0.2) is 42.5 Å². The highest BCUT2D eigenvalue weighted by atomic mass is 19.1. The van der Waals surface area contributed by atoms with Crippen molar-refractivity contribution >= 4 is 23.5 Å². The lowest BCUT2D eigenvalue weighted by Crippen LogP contribution is -2.46. The lowest BCUT2D eigenvalue weighted by molar-refractivity contribution is -0.133. The lowest BCUT2D eigenvalue weighted by Gasteiger charge is -2.22. The van der Waals surface area contributed by atoms with Gasteiger partial charge in [-0.2, -0.15) is 0 Å². The standard InChI is InChI=1S/C20H19F2N3O4/c1-20(10-12-5-3-4-6-16(12)29-2)18(27)25(19(28)24-20)11-17(26)23-15-9-13(21)7-8-14(15)22/h3-9H,10-11H2,1-2H3,(H,23,26)(H,24,28)/t20-/m0/s1. The third-order valence-electron chi connectivity index (χ3n) is 4.59. The van der Waals surface area contributed by atoms with Crippen LogP contribution in [0, 0.1) is 11.6 Å². The van der Waals surface area contributed by atoms with Crippen LogP contribution in [0.4, 0.5) is 19.3 Å². The van der Waals surface area contributed by atoms with Crippen molar-refractivity contribution < 1.29 is 27.9 Å². The summed E-state index contributed by atoms with van der Waals surface area (Å²) in [4.78, 5) is 38.1. The van der Waals surface area contributed by atoms with Crippen molar-refractivity contribution in [3.05, 3.63) is 59.7 Å². The van der Waals surface area contributed by atoms with Crippen LogP contribution in [-0.2, 0) is 16.0 Å². The van der Waals surface area contributed by atoms with Crippen molar-refractivity contribution in [1.29, 1.82) is 0 Å². The number of methoxy groups -OCH3 is 1.